The maximum Gasteiger partial charge on any atom is 0.182 e. The highest BCUT2D eigenvalue weighted by Crippen LogP contribution is 2.36. The first-order valence-corrected chi connectivity index (χ1v) is 13.1. The molecule has 3 heterocycles. The first kappa shape index (κ1) is 23.1. The third kappa shape index (κ3) is 4.38. The molecule has 0 saturated carbocycles. The van der Waals surface area contributed by atoms with Crippen molar-refractivity contribution in [2.75, 3.05) is 0 Å². The summed E-state index contributed by atoms with van der Waals surface area (Å²) in [6, 6.07) is 30.7. The van der Waals surface area contributed by atoms with E-state index in [1.165, 1.54) is 5.56 Å². The Hall–Kier alpha value is -5.03. The monoisotopic (exact) mass is 503 g/mol. The number of rotatable bonds is 4. The van der Waals surface area contributed by atoms with Gasteiger partial charge in [-0.2, -0.15) is 0 Å². The molecule has 7 rings (SSSR count). The zero-order valence-electron chi connectivity index (χ0n) is 21.5. The molecular weight excluding hydrogens is 478 g/mol. The molecule has 186 valence electrons. The second-order valence-electron chi connectivity index (χ2n) is 9.78. The summed E-state index contributed by atoms with van der Waals surface area (Å²) < 4.78 is 0. The van der Waals surface area contributed by atoms with Crippen LogP contribution in [-0.2, 0) is 0 Å². The average Bonchev–Trinajstić information content (AvgIpc) is 3.01. The Morgan fingerprint density at radius 3 is 1.95 bits per heavy atom. The van der Waals surface area contributed by atoms with E-state index in [-0.39, 0.29) is 5.92 Å². The molecule has 0 aliphatic heterocycles. The first-order chi connectivity index (χ1) is 19.2. The van der Waals surface area contributed by atoms with E-state index >= 15 is 0 Å². The van der Waals surface area contributed by atoms with Crippen LogP contribution in [0.25, 0.3) is 56.1 Å². The van der Waals surface area contributed by atoms with Gasteiger partial charge in [-0.25, -0.2) is 19.9 Å². The molecule has 5 nitrogen and oxygen atoms in total. The van der Waals surface area contributed by atoms with E-state index in [4.69, 9.17) is 24.9 Å². The van der Waals surface area contributed by atoms with Crippen molar-refractivity contribution < 1.29 is 0 Å². The molecule has 1 aliphatic rings. The minimum atomic E-state index is 0.227. The molecule has 0 bridgehead atoms. The molecule has 39 heavy (non-hydrogen) atoms. The van der Waals surface area contributed by atoms with Gasteiger partial charge in [0.25, 0.3) is 0 Å². The predicted octanol–water partition coefficient (Wildman–Crippen LogP) is 7.88. The van der Waals surface area contributed by atoms with Crippen molar-refractivity contribution in [2.45, 2.75) is 19.3 Å². The smallest absolute Gasteiger partial charge is 0.182 e. The lowest BCUT2D eigenvalue weighted by molar-refractivity contribution is 0.860. The van der Waals surface area contributed by atoms with Gasteiger partial charge in [0.05, 0.1) is 11.0 Å². The van der Waals surface area contributed by atoms with Crippen molar-refractivity contribution in [3.8, 4) is 34.3 Å². The van der Waals surface area contributed by atoms with Crippen LogP contribution >= 0.6 is 0 Å². The van der Waals surface area contributed by atoms with E-state index < -0.39 is 0 Å². The number of hydrogen-bond donors (Lipinski definition) is 0. The standard InChI is InChI=1S/C34H25N5/c1-22-17-18-24-19-20-27-28(23-11-5-2-6-12-23)21-29(36-31(27)30(24)35-22)34-38-32(25-13-7-3-8-14-25)37-33(39-34)26-15-9-4-10-16-26/h2-11,13-21,23H,12H2,1H3. The summed E-state index contributed by atoms with van der Waals surface area (Å²) in [5.41, 5.74) is 6.50. The normalized spacial score (nSPS) is 14.7. The van der Waals surface area contributed by atoms with Gasteiger partial charge in [-0.1, -0.05) is 103 Å². The van der Waals surface area contributed by atoms with E-state index in [9.17, 15) is 0 Å². The Kier molecular flexibility index (Phi) is 5.74. The molecule has 0 spiro atoms. The number of fused-ring (bicyclic) bond motifs is 3. The van der Waals surface area contributed by atoms with E-state index in [1.807, 2.05) is 73.7 Å². The Labute approximate surface area is 226 Å². The van der Waals surface area contributed by atoms with Crippen LogP contribution in [0.15, 0.2) is 115 Å². The van der Waals surface area contributed by atoms with Crippen LogP contribution < -0.4 is 0 Å². The van der Waals surface area contributed by atoms with E-state index in [2.05, 4.69) is 48.6 Å². The molecule has 6 aromatic rings. The quantitative estimate of drug-likeness (QED) is 0.229. The number of pyridine rings is 2. The van der Waals surface area contributed by atoms with Gasteiger partial charge in [0.2, 0.25) is 0 Å². The highest BCUT2D eigenvalue weighted by molar-refractivity contribution is 6.05. The van der Waals surface area contributed by atoms with Gasteiger partial charge < -0.3 is 0 Å². The highest BCUT2D eigenvalue weighted by Gasteiger charge is 2.20. The third-order valence-electron chi connectivity index (χ3n) is 7.12. The Bertz CT molecular complexity index is 1840. The van der Waals surface area contributed by atoms with Crippen LogP contribution in [-0.4, -0.2) is 24.9 Å². The topological polar surface area (TPSA) is 64.5 Å². The zero-order chi connectivity index (χ0) is 26.2. The summed E-state index contributed by atoms with van der Waals surface area (Å²) in [6.45, 7) is 2.02. The van der Waals surface area contributed by atoms with Crippen LogP contribution in [0.1, 0.15) is 23.6 Å². The van der Waals surface area contributed by atoms with Crippen molar-refractivity contribution in [1.82, 2.24) is 24.9 Å². The molecule has 3 aromatic carbocycles. The fourth-order valence-corrected chi connectivity index (χ4v) is 5.15. The fourth-order valence-electron chi connectivity index (χ4n) is 5.15. The maximum atomic E-state index is 5.18. The van der Waals surface area contributed by atoms with Gasteiger partial charge in [-0.05, 0) is 31.0 Å². The lowest BCUT2D eigenvalue weighted by Crippen LogP contribution is -2.04. The molecule has 0 N–H and O–H groups in total. The number of allylic oxidation sites excluding steroid dienone is 4. The largest absolute Gasteiger partial charge is 0.251 e. The van der Waals surface area contributed by atoms with Crippen molar-refractivity contribution >= 4 is 21.8 Å². The summed E-state index contributed by atoms with van der Waals surface area (Å²) in [5.74, 6) is 2.02. The molecule has 1 aliphatic carbocycles. The van der Waals surface area contributed by atoms with Crippen LogP contribution in [0.3, 0.4) is 0 Å². The SMILES string of the molecule is Cc1ccc2ccc3c(C4C=CC=CC4)cc(-c4nc(-c5ccccc5)nc(-c5ccccc5)n4)nc3c2n1. The Balaban J connectivity index is 1.52. The molecule has 0 amide bonds. The molecule has 0 saturated heterocycles. The summed E-state index contributed by atoms with van der Waals surface area (Å²) in [7, 11) is 0. The third-order valence-corrected chi connectivity index (χ3v) is 7.12. The molecular formula is C34H25N5. The Morgan fingerprint density at radius 1 is 0.615 bits per heavy atom. The van der Waals surface area contributed by atoms with Gasteiger partial charge in [-0.3, -0.25) is 4.98 Å². The molecule has 0 radical (unpaired) electrons. The molecule has 3 aromatic heterocycles. The van der Waals surface area contributed by atoms with Crippen molar-refractivity contribution in [2.24, 2.45) is 0 Å². The summed E-state index contributed by atoms with van der Waals surface area (Å²) in [5, 5.41) is 2.17. The van der Waals surface area contributed by atoms with Crippen molar-refractivity contribution in [3.63, 3.8) is 0 Å². The number of aromatic nitrogens is 5. The zero-order valence-corrected chi connectivity index (χ0v) is 21.5. The molecule has 1 atom stereocenters. The minimum absolute atomic E-state index is 0.227. The van der Waals surface area contributed by atoms with E-state index in [1.54, 1.807) is 0 Å². The van der Waals surface area contributed by atoms with Crippen LogP contribution in [0.2, 0.25) is 0 Å². The number of hydrogen-bond acceptors (Lipinski definition) is 5. The second-order valence-corrected chi connectivity index (χ2v) is 9.78. The molecule has 0 fully saturated rings. The lowest BCUT2D eigenvalue weighted by Gasteiger charge is -2.18. The van der Waals surface area contributed by atoms with E-state index in [0.717, 1.165) is 45.0 Å². The van der Waals surface area contributed by atoms with Gasteiger partial charge in [0.15, 0.2) is 17.5 Å². The lowest BCUT2D eigenvalue weighted by atomic mass is 9.89. The average molecular weight is 504 g/mol. The van der Waals surface area contributed by atoms with Crippen molar-refractivity contribution in [3.05, 3.63) is 127 Å². The second kappa shape index (κ2) is 9.69. The fraction of sp³-hybridized carbons (Fsp3) is 0.0882. The molecule has 5 heteroatoms. The van der Waals surface area contributed by atoms with Crippen LogP contribution in [0.4, 0.5) is 0 Å². The Morgan fingerprint density at radius 2 is 1.28 bits per heavy atom. The van der Waals surface area contributed by atoms with E-state index in [0.29, 0.717) is 23.2 Å². The number of aryl methyl sites for hydroxylation is 1. The minimum Gasteiger partial charge on any atom is -0.251 e. The highest BCUT2D eigenvalue weighted by atomic mass is 15.0. The van der Waals surface area contributed by atoms with Gasteiger partial charge in [0.1, 0.15) is 5.69 Å². The van der Waals surface area contributed by atoms with Gasteiger partial charge in [0, 0.05) is 33.5 Å². The first-order valence-electron chi connectivity index (χ1n) is 13.1. The van der Waals surface area contributed by atoms with Gasteiger partial charge in [-0.15, -0.1) is 0 Å². The van der Waals surface area contributed by atoms with Crippen LogP contribution in [0.5, 0.6) is 0 Å². The number of nitrogens with zero attached hydrogens (tertiary/aromatic N) is 5. The van der Waals surface area contributed by atoms with Crippen LogP contribution in [0, 0.1) is 6.92 Å². The summed E-state index contributed by atoms with van der Waals surface area (Å²) in [4.78, 5) is 24.8. The van der Waals surface area contributed by atoms with Gasteiger partial charge >= 0.3 is 0 Å². The van der Waals surface area contributed by atoms with Crippen molar-refractivity contribution in [1.29, 1.82) is 0 Å². The molecule has 1 unspecified atom stereocenters. The maximum absolute atomic E-state index is 5.18. The predicted molar refractivity (Wildman–Crippen MR) is 157 cm³/mol. The summed E-state index contributed by atoms with van der Waals surface area (Å²) >= 11 is 0. The number of benzene rings is 3. The summed E-state index contributed by atoms with van der Waals surface area (Å²) in [6.07, 6.45) is 9.61.